The average Bonchev–Trinajstić information content (AvgIpc) is 3.38. The lowest BCUT2D eigenvalue weighted by atomic mass is 9.95. The summed E-state index contributed by atoms with van der Waals surface area (Å²) in [6.07, 6.45) is 4.25. The minimum atomic E-state index is -3.76. The fourth-order valence-electron chi connectivity index (χ4n) is 4.68. The number of hydrogen-bond acceptors (Lipinski definition) is 6. The molecule has 8 nitrogen and oxygen atoms in total. The third kappa shape index (κ3) is 2.97. The fourth-order valence-corrected chi connectivity index (χ4v) is 7.04. The molecule has 2 bridgehead atoms. The molecule has 2 atom stereocenters. The maximum Gasteiger partial charge on any atom is 0.251 e. The van der Waals surface area contributed by atoms with Crippen molar-refractivity contribution in [3.63, 3.8) is 0 Å². The van der Waals surface area contributed by atoms with Crippen molar-refractivity contribution in [2.75, 3.05) is 0 Å². The van der Waals surface area contributed by atoms with Gasteiger partial charge in [0.15, 0.2) is 5.65 Å². The fraction of sp³-hybridized carbons (Fsp3) is 0.450. The first-order valence-electron chi connectivity index (χ1n) is 9.92. The van der Waals surface area contributed by atoms with Crippen LogP contribution in [0.1, 0.15) is 49.7 Å². The van der Waals surface area contributed by atoms with E-state index in [4.69, 9.17) is 0 Å². The second kappa shape index (κ2) is 6.60. The Morgan fingerprint density at radius 2 is 2.13 bits per heavy atom. The quantitative estimate of drug-likeness (QED) is 0.665. The SMILES string of the molecule is Cc1cc2ncc3c(n2n1)C[C@H]1CC[C@H]3N1C(=O)C(C)(C)NS(=O)(=O)c1cccs1. The molecule has 5 heterocycles. The Balaban J connectivity index is 1.48. The third-order valence-corrected chi connectivity index (χ3v) is 9.00. The first-order chi connectivity index (χ1) is 14.2. The molecule has 2 aliphatic rings. The Kier molecular flexibility index (Phi) is 4.32. The van der Waals surface area contributed by atoms with Gasteiger partial charge in [-0.2, -0.15) is 9.82 Å². The van der Waals surface area contributed by atoms with Crippen LogP contribution in [0, 0.1) is 6.92 Å². The van der Waals surface area contributed by atoms with E-state index < -0.39 is 15.6 Å². The van der Waals surface area contributed by atoms with Gasteiger partial charge in [0.2, 0.25) is 5.91 Å². The van der Waals surface area contributed by atoms with Gasteiger partial charge in [-0.1, -0.05) is 6.07 Å². The topological polar surface area (TPSA) is 96.7 Å². The zero-order chi connectivity index (χ0) is 21.3. The number of carbonyl (C=O) groups excluding carboxylic acids is 1. The molecular weight excluding hydrogens is 422 g/mol. The van der Waals surface area contributed by atoms with Crippen molar-refractivity contribution >= 4 is 32.9 Å². The molecule has 0 aromatic carbocycles. The van der Waals surface area contributed by atoms with Crippen molar-refractivity contribution in [1.82, 2.24) is 24.2 Å². The number of fused-ring (bicyclic) bond motifs is 6. The Morgan fingerprint density at radius 1 is 1.33 bits per heavy atom. The number of aromatic nitrogens is 3. The molecule has 0 unspecified atom stereocenters. The van der Waals surface area contributed by atoms with Crippen molar-refractivity contribution in [2.45, 2.75) is 61.9 Å². The highest BCUT2D eigenvalue weighted by Crippen LogP contribution is 2.44. The van der Waals surface area contributed by atoms with Gasteiger partial charge in [0.05, 0.1) is 17.4 Å². The summed E-state index contributed by atoms with van der Waals surface area (Å²) >= 11 is 1.13. The summed E-state index contributed by atoms with van der Waals surface area (Å²) in [5.41, 5.74) is 2.56. The van der Waals surface area contributed by atoms with E-state index in [1.807, 2.05) is 28.6 Å². The molecule has 30 heavy (non-hydrogen) atoms. The Bertz CT molecular complexity index is 1250. The number of nitrogens with one attached hydrogen (secondary N) is 1. The van der Waals surface area contributed by atoms with Crippen molar-refractivity contribution in [3.8, 4) is 0 Å². The van der Waals surface area contributed by atoms with Crippen molar-refractivity contribution in [2.24, 2.45) is 0 Å². The summed E-state index contributed by atoms with van der Waals surface area (Å²) in [6, 6.07) is 5.08. The summed E-state index contributed by atoms with van der Waals surface area (Å²) in [5, 5.41) is 6.28. The van der Waals surface area contributed by atoms with Crippen LogP contribution in [0.5, 0.6) is 0 Å². The zero-order valence-electron chi connectivity index (χ0n) is 17.0. The lowest BCUT2D eigenvalue weighted by Crippen LogP contribution is -2.58. The van der Waals surface area contributed by atoms with Crippen LogP contribution in [-0.4, -0.2) is 45.4 Å². The van der Waals surface area contributed by atoms with E-state index in [9.17, 15) is 13.2 Å². The Hall–Kier alpha value is -2.30. The standard InChI is InChI=1S/C20H23N5O3S2/c1-12-9-17-21-11-14-15-7-6-13(10-16(14)25(17)22-12)24(15)19(26)20(2,3)23-30(27,28)18-5-4-8-29-18/h4-5,8-9,11,13,15,23H,6-7,10H2,1-3H3/t13-,15-/m1/s1. The molecule has 0 saturated carbocycles. The van der Waals surface area contributed by atoms with Gasteiger partial charge < -0.3 is 4.90 Å². The highest BCUT2D eigenvalue weighted by atomic mass is 32.2. The molecule has 5 rings (SSSR count). The molecule has 3 aromatic heterocycles. The van der Waals surface area contributed by atoms with Crippen molar-refractivity contribution < 1.29 is 13.2 Å². The number of sulfonamides is 1. The predicted molar refractivity (Wildman–Crippen MR) is 113 cm³/mol. The molecule has 1 amide bonds. The van der Waals surface area contributed by atoms with Crippen LogP contribution >= 0.6 is 11.3 Å². The number of hydrogen-bond donors (Lipinski definition) is 1. The van der Waals surface area contributed by atoms with E-state index in [1.54, 1.807) is 25.3 Å². The molecular formula is C20H23N5O3S2. The molecule has 10 heteroatoms. The van der Waals surface area contributed by atoms with Crippen LogP contribution in [-0.2, 0) is 21.2 Å². The Labute approximate surface area is 179 Å². The molecule has 1 N–H and O–H groups in total. The highest BCUT2D eigenvalue weighted by molar-refractivity contribution is 7.91. The zero-order valence-corrected chi connectivity index (χ0v) is 18.6. The number of carbonyl (C=O) groups is 1. The molecule has 0 spiro atoms. The summed E-state index contributed by atoms with van der Waals surface area (Å²) in [4.78, 5) is 20.0. The van der Waals surface area contributed by atoms with Crippen LogP contribution in [0.2, 0.25) is 0 Å². The summed E-state index contributed by atoms with van der Waals surface area (Å²) < 4.78 is 30.2. The largest absolute Gasteiger partial charge is 0.331 e. The van der Waals surface area contributed by atoms with Crippen LogP contribution in [0.25, 0.3) is 5.65 Å². The molecule has 1 fully saturated rings. The van der Waals surface area contributed by atoms with Gasteiger partial charge in [0.25, 0.3) is 10.0 Å². The monoisotopic (exact) mass is 445 g/mol. The predicted octanol–water partition coefficient (Wildman–Crippen LogP) is 2.44. The van der Waals surface area contributed by atoms with Crippen LogP contribution in [0.4, 0.5) is 0 Å². The van der Waals surface area contributed by atoms with Gasteiger partial charge >= 0.3 is 0 Å². The minimum Gasteiger partial charge on any atom is -0.331 e. The van der Waals surface area contributed by atoms with E-state index in [2.05, 4.69) is 14.8 Å². The lowest BCUT2D eigenvalue weighted by molar-refractivity contribution is -0.140. The van der Waals surface area contributed by atoms with Gasteiger partial charge in [-0.3, -0.25) is 4.79 Å². The van der Waals surface area contributed by atoms with E-state index in [0.717, 1.165) is 46.8 Å². The normalized spacial score (nSPS) is 21.2. The third-order valence-electron chi connectivity index (χ3n) is 5.95. The van der Waals surface area contributed by atoms with Crippen molar-refractivity contribution in [3.05, 3.63) is 46.7 Å². The maximum atomic E-state index is 13.6. The number of nitrogens with zero attached hydrogens (tertiary/aromatic N) is 4. The van der Waals surface area contributed by atoms with Gasteiger partial charge in [-0.15, -0.1) is 11.3 Å². The van der Waals surface area contributed by atoms with Gasteiger partial charge in [-0.25, -0.2) is 17.9 Å². The second-order valence-electron chi connectivity index (χ2n) is 8.54. The second-order valence-corrected chi connectivity index (χ2v) is 11.4. The summed E-state index contributed by atoms with van der Waals surface area (Å²) in [7, 11) is -3.76. The number of amides is 1. The smallest absolute Gasteiger partial charge is 0.251 e. The molecule has 3 aromatic rings. The van der Waals surface area contributed by atoms with Gasteiger partial charge in [-0.05, 0) is 45.1 Å². The Morgan fingerprint density at radius 3 is 2.87 bits per heavy atom. The van der Waals surface area contributed by atoms with Crippen molar-refractivity contribution in [1.29, 1.82) is 0 Å². The van der Waals surface area contributed by atoms with Crippen LogP contribution < -0.4 is 4.72 Å². The van der Waals surface area contributed by atoms with Gasteiger partial charge in [0, 0.05) is 30.3 Å². The van der Waals surface area contributed by atoms with E-state index >= 15 is 0 Å². The number of rotatable bonds is 4. The van der Waals surface area contributed by atoms with Crippen LogP contribution in [0.3, 0.4) is 0 Å². The summed E-state index contributed by atoms with van der Waals surface area (Å²) in [5.74, 6) is -0.211. The maximum absolute atomic E-state index is 13.6. The number of aryl methyl sites for hydroxylation is 1. The highest BCUT2D eigenvalue weighted by Gasteiger charge is 2.48. The average molecular weight is 446 g/mol. The first-order valence-corrected chi connectivity index (χ1v) is 12.3. The molecule has 0 aliphatic carbocycles. The molecule has 1 saturated heterocycles. The first kappa shape index (κ1) is 19.7. The van der Waals surface area contributed by atoms with E-state index in [0.29, 0.717) is 6.42 Å². The van der Waals surface area contributed by atoms with E-state index in [-0.39, 0.29) is 22.2 Å². The molecule has 0 radical (unpaired) electrons. The van der Waals surface area contributed by atoms with Crippen LogP contribution in [0.15, 0.2) is 34.0 Å². The summed E-state index contributed by atoms with van der Waals surface area (Å²) in [6.45, 7) is 5.21. The number of thiophene rings is 1. The molecule has 158 valence electrons. The molecule has 2 aliphatic heterocycles. The van der Waals surface area contributed by atoms with Gasteiger partial charge in [0.1, 0.15) is 9.75 Å². The van der Waals surface area contributed by atoms with E-state index in [1.165, 1.54) is 6.07 Å². The lowest BCUT2D eigenvalue weighted by Gasteiger charge is -2.40. The minimum absolute atomic E-state index is 0.0237.